The van der Waals surface area contributed by atoms with Crippen molar-refractivity contribution in [1.29, 1.82) is 0 Å². The van der Waals surface area contributed by atoms with Crippen LogP contribution in [0.5, 0.6) is 0 Å². The van der Waals surface area contributed by atoms with Gasteiger partial charge in [-0.05, 0) is 169 Å². The normalized spacial score (nSPS) is 15.8. The lowest BCUT2D eigenvalue weighted by Crippen LogP contribution is -2.36. The molecule has 31 heteroatoms. The number of methoxy groups -OCH3 is 2. The molecule has 6 fully saturated rings. The topological polar surface area (TPSA) is 366 Å². The number of carboxylic acids is 2. The highest BCUT2D eigenvalue weighted by Crippen LogP contribution is 2.48. The Bertz CT molecular complexity index is 5650. The van der Waals surface area contributed by atoms with E-state index in [1.165, 1.54) is 30.9 Å². The molecule has 3 aliphatic heterocycles. The first-order valence-electron chi connectivity index (χ1n) is 40.6. The van der Waals surface area contributed by atoms with Gasteiger partial charge in [0.2, 0.25) is 0 Å². The molecule has 12 aromatic rings. The van der Waals surface area contributed by atoms with E-state index < -0.39 is 30.4 Å². The summed E-state index contributed by atoms with van der Waals surface area (Å²) >= 11 is 4.66. The van der Waals surface area contributed by atoms with Gasteiger partial charge in [-0.15, -0.1) is 0 Å². The maximum Gasteiger partial charge on any atom is 0.335 e. The number of carbonyl (C=O) groups is 6. The molecule has 2 amide bonds. The SMILES string of the molecule is COC(=O)CN.COC(=O)CNC(=O)c1ccc2nc(N3CCC(OCc4c(-c5ccccc5C)noc4C4CC4)CC3)sc2c1.Cc1ccccc1-c1noc(C2CC2)c1COC1CCN(c2nc3ccc(C(=O)NCC(=O)O)cc3s2)CC1.Cc1ccccc1-c1noc(C2CC2)c1COC1CCN(c2nc3ccc(C(=O)O)cc3s2)CC1. The van der Waals surface area contributed by atoms with Crippen LogP contribution in [0.2, 0.25) is 0 Å². The molecule has 28 nitrogen and oxygen atoms in total. The highest BCUT2D eigenvalue weighted by atomic mass is 32.1. The highest BCUT2D eigenvalue weighted by Gasteiger charge is 2.38. The average molecular weight is 1690 g/mol. The number of amides is 2. The van der Waals surface area contributed by atoms with Crippen molar-refractivity contribution in [2.45, 2.75) is 154 Å². The number of anilines is 3. The summed E-state index contributed by atoms with van der Waals surface area (Å²) in [5.41, 5.74) is 21.4. The molecule has 18 rings (SSSR count). The summed E-state index contributed by atoms with van der Waals surface area (Å²) in [4.78, 5) is 88.9. The van der Waals surface area contributed by atoms with Crippen LogP contribution in [0.25, 0.3) is 64.4 Å². The number of esters is 2. The van der Waals surface area contributed by atoms with Crippen molar-refractivity contribution in [2.75, 3.05) is 87.8 Å². The minimum atomic E-state index is -1.08. The van der Waals surface area contributed by atoms with E-state index in [4.69, 9.17) is 53.6 Å². The standard InChI is InChI=1S/C30H32N4O5S.C29H30N4O5S.C27H27N3O4S.C3H7NO2/c1-18-5-3-4-6-22(18)27-23(28(39-33-27)19-7-8-19)17-38-21-11-13-34(14-12-21)30-32-24-10-9-20(15-25(24)40-30)29(36)31-16-26(35)37-2;1-17-4-2-3-5-21(17)26-22(27(38-32-26)18-6-7-18)16-37-20-10-12-33(13-11-20)29-31-23-9-8-19(14-24(23)39-29)28(36)30-15-25(34)35;1-16-4-2-3-5-20(16)24-21(25(34-29-24)17-6-7-17)15-33-19-10-12-30(13-11-19)27-28-22-9-8-18(26(31)32)14-23(22)35-27;1-6-3(5)2-4/h3-6,9-10,15,19,21H,7-8,11-14,16-17H2,1-2H3,(H,31,36);2-5,8-9,14,18,20H,6-7,10-13,15-16H2,1H3,(H,30,36)(H,34,35);2-5,8-9,14,17,19H,6-7,10-13,15H2,1H3,(H,31,32);2,4H2,1H3. The van der Waals surface area contributed by atoms with Crippen LogP contribution in [-0.2, 0) is 57.9 Å². The quantitative estimate of drug-likeness (QED) is 0.0314. The molecule has 3 saturated heterocycles. The second kappa shape index (κ2) is 38.4. The summed E-state index contributed by atoms with van der Waals surface area (Å²) in [5, 5.41) is 39.2. The van der Waals surface area contributed by atoms with Crippen LogP contribution in [-0.4, -0.2) is 168 Å². The lowest BCUT2D eigenvalue weighted by atomic mass is 10.0. The zero-order valence-electron chi connectivity index (χ0n) is 67.5. The van der Waals surface area contributed by atoms with E-state index in [-0.39, 0.29) is 43.3 Å². The fraction of sp³-hybridized carbons (Fsp3) is 0.393. The molecule has 6 aromatic carbocycles. The molecule has 9 heterocycles. The first kappa shape index (κ1) is 83.7. The number of carbonyl (C=O) groups excluding carboxylic acids is 4. The number of carboxylic acid groups (broad SMARTS) is 2. The number of piperidine rings is 3. The molecule has 0 atom stereocenters. The van der Waals surface area contributed by atoms with E-state index in [1.54, 1.807) is 70.4 Å². The molecule has 0 unspecified atom stereocenters. The monoisotopic (exact) mass is 1680 g/mol. The van der Waals surface area contributed by atoms with Crippen LogP contribution < -0.4 is 31.1 Å². The van der Waals surface area contributed by atoms with Crippen molar-refractivity contribution in [3.63, 3.8) is 0 Å². The molecule has 0 bridgehead atoms. The molecule has 6 aliphatic rings. The number of thiazole rings is 3. The number of nitrogens with one attached hydrogen (secondary N) is 2. The van der Waals surface area contributed by atoms with Gasteiger partial charge in [-0.2, -0.15) is 0 Å². The van der Waals surface area contributed by atoms with Gasteiger partial charge < -0.3 is 78.5 Å². The number of rotatable bonds is 26. The smallest absolute Gasteiger partial charge is 0.335 e. The fourth-order valence-corrected chi connectivity index (χ4v) is 18.2. The van der Waals surface area contributed by atoms with Crippen molar-refractivity contribution in [2.24, 2.45) is 5.73 Å². The zero-order chi connectivity index (χ0) is 83.5. The first-order valence-corrected chi connectivity index (χ1v) is 43.1. The van der Waals surface area contributed by atoms with Gasteiger partial charge in [-0.25, -0.2) is 19.7 Å². The Morgan fingerprint density at radius 2 is 0.750 bits per heavy atom. The molecule has 3 aliphatic carbocycles. The van der Waals surface area contributed by atoms with Gasteiger partial charge in [0.25, 0.3) is 11.8 Å². The number of aliphatic carboxylic acids is 1. The Balaban J connectivity index is 0.000000136. The van der Waals surface area contributed by atoms with Crippen LogP contribution in [0.3, 0.4) is 0 Å². The number of ether oxygens (including phenoxy) is 5. The lowest BCUT2D eigenvalue weighted by molar-refractivity contribution is -0.140. The molecule has 626 valence electrons. The van der Waals surface area contributed by atoms with E-state index in [1.807, 2.05) is 54.6 Å². The van der Waals surface area contributed by atoms with Gasteiger partial charge in [-0.3, -0.25) is 24.0 Å². The van der Waals surface area contributed by atoms with Gasteiger partial charge in [0, 0.05) is 102 Å². The third-order valence-electron chi connectivity index (χ3n) is 22.3. The van der Waals surface area contributed by atoms with Crippen molar-refractivity contribution < 1.29 is 76.2 Å². The van der Waals surface area contributed by atoms with Crippen molar-refractivity contribution in [3.05, 3.63) is 195 Å². The second-order valence-electron chi connectivity index (χ2n) is 30.8. The van der Waals surface area contributed by atoms with E-state index >= 15 is 0 Å². The predicted octanol–water partition coefficient (Wildman–Crippen LogP) is 15.5. The number of aromatic nitrogens is 6. The molecule has 3 saturated carbocycles. The largest absolute Gasteiger partial charge is 0.480 e. The minimum absolute atomic E-state index is 0.0312. The van der Waals surface area contributed by atoms with Gasteiger partial charge in [0.1, 0.15) is 47.5 Å². The second-order valence-corrected chi connectivity index (χ2v) is 33.9. The zero-order valence-corrected chi connectivity index (χ0v) is 69.9. The van der Waals surface area contributed by atoms with Crippen LogP contribution in [0.4, 0.5) is 15.4 Å². The Morgan fingerprint density at radius 3 is 1.04 bits per heavy atom. The fourth-order valence-electron chi connectivity index (χ4n) is 15.0. The van der Waals surface area contributed by atoms with Crippen LogP contribution >= 0.6 is 34.0 Å². The summed E-state index contributed by atoms with van der Waals surface area (Å²) in [5.74, 6) is 0.781. The number of nitrogens with two attached hydrogens (primary N) is 1. The van der Waals surface area contributed by atoms with Crippen molar-refractivity contribution in [1.82, 2.24) is 41.1 Å². The van der Waals surface area contributed by atoms with E-state index in [0.717, 1.165) is 230 Å². The maximum absolute atomic E-state index is 12.4. The third kappa shape index (κ3) is 20.4. The van der Waals surface area contributed by atoms with Crippen LogP contribution in [0.15, 0.2) is 141 Å². The van der Waals surface area contributed by atoms with Crippen LogP contribution in [0, 0.1) is 20.8 Å². The van der Waals surface area contributed by atoms with E-state index in [2.05, 4.69) is 107 Å². The molecule has 0 radical (unpaired) electrons. The Hall–Kier alpha value is -11.3. The Kier molecular flexibility index (Phi) is 26.8. The number of benzene rings is 6. The van der Waals surface area contributed by atoms with Gasteiger partial charge in [0.15, 0.2) is 15.4 Å². The number of aromatic carboxylic acids is 1. The van der Waals surface area contributed by atoms with Gasteiger partial charge in [-0.1, -0.05) is 122 Å². The molecular formula is C89H96N12O16S3. The number of hydrogen-bond donors (Lipinski definition) is 5. The van der Waals surface area contributed by atoms with Gasteiger partial charge in [0.05, 0.1) is 95.1 Å². The number of fused-ring (bicyclic) bond motifs is 3. The maximum atomic E-state index is 12.4. The summed E-state index contributed by atoms with van der Waals surface area (Å²) in [7, 11) is 2.59. The van der Waals surface area contributed by atoms with Crippen molar-refractivity contribution >= 4 is 116 Å². The van der Waals surface area contributed by atoms with E-state index in [9.17, 15) is 33.9 Å². The summed E-state index contributed by atoms with van der Waals surface area (Å²) in [6, 6.07) is 40.6. The Morgan fingerprint density at radius 1 is 0.433 bits per heavy atom. The summed E-state index contributed by atoms with van der Waals surface area (Å²) in [6.07, 6.45) is 12.8. The molecular weight excluding hydrogens is 1590 g/mol. The number of aryl methyl sites for hydroxylation is 3. The molecule has 6 aromatic heterocycles. The van der Waals surface area contributed by atoms with Crippen LogP contribution in [0.1, 0.15) is 177 Å². The summed E-state index contributed by atoms with van der Waals surface area (Å²) in [6.45, 7) is 12.3. The number of hydrogen-bond acceptors (Lipinski definition) is 27. The highest BCUT2D eigenvalue weighted by molar-refractivity contribution is 7.23. The average Bonchev–Trinajstić information content (AvgIpc) is 1.53. The Labute approximate surface area is 704 Å². The first-order chi connectivity index (χ1) is 58.3. The van der Waals surface area contributed by atoms with E-state index in [0.29, 0.717) is 54.3 Å². The molecule has 0 spiro atoms. The number of nitrogens with zero attached hydrogens (tertiary/aromatic N) is 9. The summed E-state index contributed by atoms with van der Waals surface area (Å²) < 4.78 is 48.3. The third-order valence-corrected chi connectivity index (χ3v) is 25.6. The minimum Gasteiger partial charge on any atom is -0.480 e. The predicted molar refractivity (Wildman–Crippen MR) is 457 cm³/mol. The lowest BCUT2D eigenvalue weighted by Gasteiger charge is -2.31. The molecule has 120 heavy (non-hydrogen) atoms. The molecule has 6 N–H and O–H groups in total. The van der Waals surface area contributed by atoms with Crippen molar-refractivity contribution in [3.8, 4) is 33.8 Å². The van der Waals surface area contributed by atoms with Gasteiger partial charge >= 0.3 is 23.9 Å².